The smallest absolute Gasteiger partial charge is 0.311 e. The largest absolute Gasteiger partial charge is 0.489 e. The zero-order valence-corrected chi connectivity index (χ0v) is 12.2. The first-order chi connectivity index (χ1) is 10.2. The number of fused-ring (bicyclic) bond motifs is 1. The summed E-state index contributed by atoms with van der Waals surface area (Å²) >= 11 is 0. The molecule has 0 radical (unpaired) electrons. The van der Waals surface area contributed by atoms with Crippen LogP contribution in [-0.2, 0) is 9.53 Å². The first-order valence-electron chi connectivity index (χ1n) is 7.33. The SMILES string of the molecule is CC1(C(=O)OCCOc2ccnc3ccccc23)CCC1. The molecule has 1 aliphatic carbocycles. The molecule has 2 aromatic rings. The summed E-state index contributed by atoms with van der Waals surface area (Å²) in [5.41, 5.74) is 0.637. The van der Waals surface area contributed by atoms with Gasteiger partial charge in [-0.3, -0.25) is 9.78 Å². The van der Waals surface area contributed by atoms with Gasteiger partial charge in [-0.2, -0.15) is 0 Å². The highest BCUT2D eigenvalue weighted by Gasteiger charge is 2.40. The van der Waals surface area contributed by atoms with Gasteiger partial charge in [-0.05, 0) is 38.0 Å². The van der Waals surface area contributed by atoms with E-state index in [2.05, 4.69) is 4.98 Å². The number of hydrogen-bond donors (Lipinski definition) is 0. The van der Waals surface area contributed by atoms with Crippen molar-refractivity contribution in [1.82, 2.24) is 4.98 Å². The molecular weight excluding hydrogens is 266 g/mol. The fraction of sp³-hybridized carbons (Fsp3) is 0.412. The van der Waals surface area contributed by atoms with Crippen molar-refractivity contribution in [3.63, 3.8) is 0 Å². The van der Waals surface area contributed by atoms with Crippen LogP contribution in [0, 0.1) is 5.41 Å². The maximum Gasteiger partial charge on any atom is 0.311 e. The highest BCUT2D eigenvalue weighted by molar-refractivity contribution is 5.84. The summed E-state index contributed by atoms with van der Waals surface area (Å²) in [6.45, 7) is 2.61. The van der Waals surface area contributed by atoms with Gasteiger partial charge in [0.15, 0.2) is 0 Å². The maximum absolute atomic E-state index is 11.9. The Labute approximate surface area is 124 Å². The Bertz CT molecular complexity index is 644. The van der Waals surface area contributed by atoms with E-state index in [-0.39, 0.29) is 18.0 Å². The van der Waals surface area contributed by atoms with E-state index in [0.29, 0.717) is 6.61 Å². The molecule has 0 atom stereocenters. The summed E-state index contributed by atoms with van der Waals surface area (Å²) in [7, 11) is 0. The minimum Gasteiger partial charge on any atom is -0.489 e. The van der Waals surface area contributed by atoms with Gasteiger partial charge in [-0.1, -0.05) is 18.6 Å². The van der Waals surface area contributed by atoms with Gasteiger partial charge in [0.1, 0.15) is 19.0 Å². The third kappa shape index (κ3) is 2.84. The molecule has 1 aromatic heterocycles. The second kappa shape index (κ2) is 5.72. The van der Waals surface area contributed by atoms with Gasteiger partial charge in [0.2, 0.25) is 0 Å². The van der Waals surface area contributed by atoms with Gasteiger partial charge in [0.05, 0.1) is 10.9 Å². The number of carbonyl (C=O) groups excluding carboxylic acids is 1. The summed E-state index contributed by atoms with van der Waals surface area (Å²) in [5.74, 6) is 0.670. The average Bonchev–Trinajstić information content (AvgIpc) is 2.49. The van der Waals surface area contributed by atoms with Gasteiger partial charge < -0.3 is 9.47 Å². The van der Waals surface area contributed by atoms with E-state index in [4.69, 9.17) is 9.47 Å². The lowest BCUT2D eigenvalue weighted by molar-refractivity contribution is -0.160. The molecule has 0 spiro atoms. The third-order valence-electron chi connectivity index (χ3n) is 4.13. The highest BCUT2D eigenvalue weighted by atomic mass is 16.6. The number of para-hydroxylation sites is 1. The van der Waals surface area contributed by atoms with Crippen LogP contribution in [0.1, 0.15) is 26.2 Å². The molecule has 0 bridgehead atoms. The predicted molar refractivity (Wildman–Crippen MR) is 80.2 cm³/mol. The van der Waals surface area contributed by atoms with Crippen LogP contribution in [0.4, 0.5) is 0 Å². The van der Waals surface area contributed by atoms with Crippen molar-refractivity contribution >= 4 is 16.9 Å². The van der Waals surface area contributed by atoms with Gasteiger partial charge in [0.25, 0.3) is 0 Å². The molecule has 110 valence electrons. The second-order valence-electron chi connectivity index (χ2n) is 5.72. The van der Waals surface area contributed by atoms with Gasteiger partial charge in [-0.25, -0.2) is 0 Å². The molecule has 0 unspecified atom stereocenters. The number of carbonyl (C=O) groups is 1. The molecule has 1 heterocycles. The van der Waals surface area contributed by atoms with Crippen molar-refractivity contribution in [3.05, 3.63) is 36.5 Å². The molecule has 3 rings (SSSR count). The van der Waals surface area contributed by atoms with Crippen molar-refractivity contribution < 1.29 is 14.3 Å². The maximum atomic E-state index is 11.9. The summed E-state index contributed by atoms with van der Waals surface area (Å²) in [6, 6.07) is 9.64. The Morgan fingerprint density at radius 2 is 2.05 bits per heavy atom. The van der Waals surface area contributed by atoms with E-state index in [9.17, 15) is 4.79 Å². The Balaban J connectivity index is 1.54. The van der Waals surface area contributed by atoms with Crippen LogP contribution < -0.4 is 4.74 Å². The van der Waals surface area contributed by atoms with E-state index >= 15 is 0 Å². The number of esters is 1. The van der Waals surface area contributed by atoms with Crippen molar-refractivity contribution in [1.29, 1.82) is 0 Å². The number of benzene rings is 1. The fourth-order valence-electron chi connectivity index (χ4n) is 2.57. The van der Waals surface area contributed by atoms with Crippen molar-refractivity contribution in [2.75, 3.05) is 13.2 Å². The van der Waals surface area contributed by atoms with Gasteiger partial charge >= 0.3 is 5.97 Å². The molecule has 1 fully saturated rings. The molecule has 4 heteroatoms. The van der Waals surface area contributed by atoms with Crippen LogP contribution in [0.25, 0.3) is 10.9 Å². The molecule has 0 aliphatic heterocycles. The third-order valence-corrected chi connectivity index (χ3v) is 4.13. The first-order valence-corrected chi connectivity index (χ1v) is 7.33. The lowest BCUT2D eigenvalue weighted by Crippen LogP contribution is -2.36. The Morgan fingerprint density at radius 1 is 1.24 bits per heavy atom. The van der Waals surface area contributed by atoms with Crippen LogP contribution in [0.5, 0.6) is 5.75 Å². The van der Waals surface area contributed by atoms with Crippen LogP contribution in [-0.4, -0.2) is 24.2 Å². The number of nitrogens with zero attached hydrogens (tertiary/aromatic N) is 1. The first kappa shape index (κ1) is 13.9. The van der Waals surface area contributed by atoms with Crippen LogP contribution in [0.3, 0.4) is 0 Å². The standard InChI is InChI=1S/C17H19NO3/c1-17(8-4-9-17)16(19)21-12-11-20-15-7-10-18-14-6-3-2-5-13(14)15/h2-3,5-7,10H,4,8-9,11-12H2,1H3. The summed E-state index contributed by atoms with van der Waals surface area (Å²) < 4.78 is 11.0. The number of pyridine rings is 1. The number of ether oxygens (including phenoxy) is 2. The van der Waals surface area contributed by atoms with E-state index in [0.717, 1.165) is 35.9 Å². The predicted octanol–water partition coefficient (Wildman–Crippen LogP) is 3.35. The number of aromatic nitrogens is 1. The van der Waals surface area contributed by atoms with Crippen LogP contribution in [0.2, 0.25) is 0 Å². The van der Waals surface area contributed by atoms with Crippen molar-refractivity contribution in [2.24, 2.45) is 5.41 Å². The summed E-state index contributed by atoms with van der Waals surface area (Å²) in [5, 5.41) is 0.970. The highest BCUT2D eigenvalue weighted by Crippen LogP contribution is 2.41. The molecule has 0 amide bonds. The molecule has 21 heavy (non-hydrogen) atoms. The van der Waals surface area contributed by atoms with E-state index in [1.54, 1.807) is 6.20 Å². The lowest BCUT2D eigenvalue weighted by atomic mass is 9.70. The summed E-state index contributed by atoms with van der Waals surface area (Å²) in [6.07, 6.45) is 4.70. The summed E-state index contributed by atoms with van der Waals surface area (Å²) in [4.78, 5) is 16.2. The topological polar surface area (TPSA) is 48.4 Å². The quantitative estimate of drug-likeness (QED) is 0.624. The van der Waals surface area contributed by atoms with Gasteiger partial charge in [0, 0.05) is 11.6 Å². The van der Waals surface area contributed by atoms with Crippen LogP contribution in [0.15, 0.2) is 36.5 Å². The van der Waals surface area contributed by atoms with Gasteiger partial charge in [-0.15, -0.1) is 0 Å². The molecule has 1 aliphatic rings. The minimum atomic E-state index is -0.261. The van der Waals surface area contributed by atoms with Crippen molar-refractivity contribution in [3.8, 4) is 5.75 Å². The fourth-order valence-corrected chi connectivity index (χ4v) is 2.57. The average molecular weight is 285 g/mol. The zero-order chi connectivity index (χ0) is 14.7. The number of rotatable bonds is 5. The minimum absolute atomic E-state index is 0.100. The molecule has 4 nitrogen and oxygen atoms in total. The monoisotopic (exact) mass is 285 g/mol. The van der Waals surface area contributed by atoms with Crippen LogP contribution >= 0.6 is 0 Å². The van der Waals surface area contributed by atoms with E-state index < -0.39 is 0 Å². The molecule has 0 saturated heterocycles. The van der Waals surface area contributed by atoms with Crippen molar-refractivity contribution in [2.45, 2.75) is 26.2 Å². The van der Waals surface area contributed by atoms with E-state index in [1.807, 2.05) is 37.3 Å². The normalized spacial score (nSPS) is 16.2. The Hall–Kier alpha value is -2.10. The second-order valence-corrected chi connectivity index (χ2v) is 5.72. The Morgan fingerprint density at radius 3 is 2.81 bits per heavy atom. The lowest BCUT2D eigenvalue weighted by Gasteiger charge is -2.35. The zero-order valence-electron chi connectivity index (χ0n) is 12.2. The number of hydrogen-bond acceptors (Lipinski definition) is 4. The molecule has 1 aromatic carbocycles. The molecule has 1 saturated carbocycles. The molecular formula is C17H19NO3. The Kier molecular flexibility index (Phi) is 3.78. The molecule has 0 N–H and O–H groups in total. The van der Waals surface area contributed by atoms with E-state index in [1.165, 1.54) is 0 Å².